The van der Waals surface area contributed by atoms with E-state index < -0.39 is 0 Å². The molecule has 1 rings (SSSR count). The quantitative estimate of drug-likeness (QED) is 0.440. The lowest BCUT2D eigenvalue weighted by molar-refractivity contribution is 1.42. The summed E-state index contributed by atoms with van der Waals surface area (Å²) in [6.07, 6.45) is 1.72. The molecule has 1 aromatic rings. The zero-order valence-electron chi connectivity index (χ0n) is 11.1. The molecule has 0 unspecified atom stereocenters. The van der Waals surface area contributed by atoms with Crippen LogP contribution in [-0.2, 0) is 0 Å². The molecule has 0 atom stereocenters. The third kappa shape index (κ3) is 22.9. The summed E-state index contributed by atoms with van der Waals surface area (Å²) in [5.41, 5.74) is 3.51. The topological polar surface area (TPSA) is 0 Å². The first-order valence-electron chi connectivity index (χ1n) is 5.31. The first-order chi connectivity index (χ1) is 7.40. The molecule has 0 aliphatic rings. The number of rotatable bonds is 1. The van der Waals surface area contributed by atoms with Crippen LogP contribution in [0.2, 0.25) is 0 Å². The molecule has 0 N–H and O–H groups in total. The van der Waals surface area contributed by atoms with Gasteiger partial charge < -0.3 is 0 Å². The van der Waals surface area contributed by atoms with Crippen LogP contribution in [-0.4, -0.2) is 0 Å². The summed E-state index contributed by atoms with van der Waals surface area (Å²) in [5, 5.41) is 0. The molecule has 0 fully saturated rings. The summed E-state index contributed by atoms with van der Waals surface area (Å²) in [4.78, 5) is 0. The van der Waals surface area contributed by atoms with Crippen LogP contribution in [0.5, 0.6) is 0 Å². The highest BCUT2D eigenvalue weighted by atomic mass is 13.8. The van der Waals surface area contributed by atoms with Crippen molar-refractivity contribution >= 4 is 0 Å². The molecule has 0 heteroatoms. The second-order valence-corrected chi connectivity index (χ2v) is 3.91. The highest BCUT2D eigenvalue weighted by Crippen LogP contribution is 1.92. The van der Waals surface area contributed by atoms with Crippen molar-refractivity contribution in [3.8, 4) is 0 Å². The van der Waals surface area contributed by atoms with Crippen molar-refractivity contribution in [1.82, 2.24) is 0 Å². The smallest absolute Gasteiger partial charge is 0.0398 e. The summed E-state index contributed by atoms with van der Waals surface area (Å²) in [5.74, 6) is 0. The van der Waals surface area contributed by atoms with Gasteiger partial charge in [0.2, 0.25) is 0 Å². The van der Waals surface area contributed by atoms with E-state index in [0.29, 0.717) is 0 Å². The Bertz CT molecular complexity index is 300. The van der Waals surface area contributed by atoms with E-state index in [4.69, 9.17) is 0 Å². The Morgan fingerprint density at radius 3 is 1.44 bits per heavy atom. The van der Waals surface area contributed by atoms with E-state index in [9.17, 15) is 0 Å². The van der Waals surface area contributed by atoms with Crippen LogP contribution in [0.15, 0.2) is 67.3 Å². The minimum absolute atomic E-state index is 1.02. The molecule has 0 aliphatic carbocycles. The van der Waals surface area contributed by atoms with Crippen LogP contribution in [0.3, 0.4) is 0 Å². The van der Waals surface area contributed by atoms with Crippen molar-refractivity contribution < 1.29 is 0 Å². The molecule has 0 aromatic heterocycles. The summed E-state index contributed by atoms with van der Waals surface area (Å²) in [6.45, 7) is 18.5. The predicted octanol–water partition coefficient (Wildman–Crippen LogP) is 5.33. The lowest BCUT2D eigenvalue weighted by Crippen LogP contribution is -1.62. The van der Waals surface area contributed by atoms with Gasteiger partial charge in [0.05, 0.1) is 0 Å². The summed E-state index contributed by atoms with van der Waals surface area (Å²) in [7, 11) is 0. The molecule has 0 saturated carbocycles. The third-order valence-corrected chi connectivity index (χ3v) is 1.29. The molecule has 88 valence electrons. The van der Waals surface area contributed by atoms with E-state index in [-0.39, 0.29) is 0 Å². The maximum atomic E-state index is 3.56. The van der Waals surface area contributed by atoms with Crippen molar-refractivity contribution in [1.29, 1.82) is 0 Å². The zero-order chi connectivity index (χ0) is 13.0. The average Bonchev–Trinajstić information content (AvgIpc) is 2.19. The standard InChI is InChI=1S/C7H8.C5H8.C4H8/c1-7-5-3-2-4-6-7;1-4-5(2)3;1-4(2)3/h2-6H,1H3;4H,1-2H2,3H3;1H2,2-3H3. The van der Waals surface area contributed by atoms with Gasteiger partial charge in [0.15, 0.2) is 0 Å². The Morgan fingerprint density at radius 2 is 1.31 bits per heavy atom. The zero-order valence-corrected chi connectivity index (χ0v) is 11.1. The molecule has 0 aliphatic heterocycles. The largest absolute Gasteiger partial charge is 0.100 e. The van der Waals surface area contributed by atoms with Gasteiger partial charge in [-0.3, -0.25) is 0 Å². The van der Waals surface area contributed by atoms with Gasteiger partial charge in [-0.05, 0) is 27.7 Å². The SMILES string of the molecule is C=C(C)C.C=CC(=C)C.Cc1ccccc1. The van der Waals surface area contributed by atoms with Crippen LogP contribution in [0.1, 0.15) is 26.3 Å². The molecular weight excluding hydrogens is 192 g/mol. The first kappa shape index (κ1) is 16.9. The molecule has 0 amide bonds. The molecular formula is C16H24. The molecule has 0 heterocycles. The van der Waals surface area contributed by atoms with E-state index in [0.717, 1.165) is 5.57 Å². The average molecular weight is 216 g/mol. The van der Waals surface area contributed by atoms with Gasteiger partial charge in [-0.2, -0.15) is 0 Å². The Kier molecular flexibility index (Phi) is 12.1. The van der Waals surface area contributed by atoms with Gasteiger partial charge in [-0.15, -0.1) is 6.58 Å². The Balaban J connectivity index is 0. The summed E-state index contributed by atoms with van der Waals surface area (Å²) < 4.78 is 0. The molecule has 0 saturated heterocycles. The predicted molar refractivity (Wildman–Crippen MR) is 76.7 cm³/mol. The monoisotopic (exact) mass is 216 g/mol. The Labute approximate surface area is 101 Å². The summed E-state index contributed by atoms with van der Waals surface area (Å²) >= 11 is 0. The van der Waals surface area contributed by atoms with Crippen LogP contribution in [0.4, 0.5) is 0 Å². The maximum Gasteiger partial charge on any atom is -0.0398 e. The lowest BCUT2D eigenvalue weighted by Gasteiger charge is -1.82. The minimum atomic E-state index is 1.02. The van der Waals surface area contributed by atoms with Gasteiger partial charge in [0.25, 0.3) is 0 Å². The van der Waals surface area contributed by atoms with Crippen LogP contribution >= 0.6 is 0 Å². The second kappa shape index (κ2) is 11.5. The number of aryl methyl sites for hydroxylation is 1. The molecule has 0 bridgehead atoms. The van der Waals surface area contributed by atoms with Crippen LogP contribution < -0.4 is 0 Å². The minimum Gasteiger partial charge on any atom is -0.100 e. The summed E-state index contributed by atoms with van der Waals surface area (Å²) in [6, 6.07) is 10.3. The third-order valence-electron chi connectivity index (χ3n) is 1.29. The van der Waals surface area contributed by atoms with Gasteiger partial charge in [-0.25, -0.2) is 0 Å². The molecule has 0 radical (unpaired) electrons. The van der Waals surface area contributed by atoms with Crippen LogP contribution in [0.25, 0.3) is 0 Å². The maximum absolute atomic E-state index is 3.56. The van der Waals surface area contributed by atoms with Crippen molar-refractivity contribution in [2.24, 2.45) is 0 Å². The van der Waals surface area contributed by atoms with E-state index >= 15 is 0 Å². The second-order valence-electron chi connectivity index (χ2n) is 3.91. The lowest BCUT2D eigenvalue weighted by atomic mass is 10.2. The van der Waals surface area contributed by atoms with Crippen molar-refractivity contribution in [3.63, 3.8) is 0 Å². The van der Waals surface area contributed by atoms with E-state index in [1.165, 1.54) is 11.1 Å². The Hall–Kier alpha value is -1.56. The number of benzene rings is 1. The van der Waals surface area contributed by atoms with Crippen molar-refractivity contribution in [2.45, 2.75) is 27.7 Å². The molecule has 0 nitrogen and oxygen atoms in total. The number of allylic oxidation sites excluding steroid dienone is 3. The van der Waals surface area contributed by atoms with Gasteiger partial charge >= 0.3 is 0 Å². The van der Waals surface area contributed by atoms with Gasteiger partial charge in [0, 0.05) is 0 Å². The number of hydrogen-bond acceptors (Lipinski definition) is 0. The van der Waals surface area contributed by atoms with Crippen LogP contribution in [0, 0.1) is 6.92 Å². The van der Waals surface area contributed by atoms with E-state index in [1.54, 1.807) is 6.08 Å². The van der Waals surface area contributed by atoms with Gasteiger partial charge in [0.1, 0.15) is 0 Å². The van der Waals surface area contributed by atoms with E-state index in [1.807, 2.05) is 39.0 Å². The van der Waals surface area contributed by atoms with Gasteiger partial charge in [-0.1, -0.05) is 66.3 Å². The van der Waals surface area contributed by atoms with Crippen molar-refractivity contribution in [2.75, 3.05) is 0 Å². The van der Waals surface area contributed by atoms with E-state index in [2.05, 4.69) is 38.8 Å². The normalized spacial score (nSPS) is 7.50. The van der Waals surface area contributed by atoms with Crippen molar-refractivity contribution in [3.05, 3.63) is 72.9 Å². The Morgan fingerprint density at radius 1 is 1.00 bits per heavy atom. The highest BCUT2D eigenvalue weighted by Gasteiger charge is 1.72. The fraction of sp³-hybridized carbons (Fsp3) is 0.250. The molecule has 1 aromatic carbocycles. The molecule has 16 heavy (non-hydrogen) atoms. The molecule has 0 spiro atoms. The fourth-order valence-electron chi connectivity index (χ4n) is 0.534. The number of hydrogen-bond donors (Lipinski definition) is 0. The first-order valence-corrected chi connectivity index (χ1v) is 5.31. The fourth-order valence-corrected chi connectivity index (χ4v) is 0.534. The highest BCUT2D eigenvalue weighted by molar-refractivity contribution is 5.11.